The second-order valence-electron chi connectivity index (χ2n) is 9.58. The van der Waals surface area contributed by atoms with Gasteiger partial charge in [0.25, 0.3) is 17.0 Å². The standard InChI is InChI=1S/C32H27N5O3S/c38-29(21-41-32-33-26-16-8-10-18-28(26)40-32)34-35-30-25-15-7-9-17-27(25)37(31(30)39)22-36(19-23-11-3-1-4-12-23)20-24-13-5-2-6-14-24/h1-18H,19-22H2,(H,34,38)/b35-30+. The zero-order valence-electron chi connectivity index (χ0n) is 22.1. The number of amides is 2. The van der Waals surface area contributed by atoms with E-state index in [1.807, 2.05) is 84.9 Å². The van der Waals surface area contributed by atoms with Crippen LogP contribution in [0.5, 0.6) is 0 Å². The summed E-state index contributed by atoms with van der Waals surface area (Å²) in [4.78, 5) is 34.6. The summed E-state index contributed by atoms with van der Waals surface area (Å²) in [7, 11) is 0. The van der Waals surface area contributed by atoms with E-state index in [2.05, 4.69) is 44.7 Å². The van der Waals surface area contributed by atoms with Crippen molar-refractivity contribution in [3.8, 4) is 0 Å². The molecule has 0 aliphatic carbocycles. The van der Waals surface area contributed by atoms with Crippen LogP contribution < -0.4 is 10.3 Å². The number of fused-ring (bicyclic) bond motifs is 2. The van der Waals surface area contributed by atoms with Gasteiger partial charge in [-0.3, -0.25) is 19.4 Å². The summed E-state index contributed by atoms with van der Waals surface area (Å²) in [5.41, 5.74) is 7.91. The minimum absolute atomic E-state index is 0.0467. The summed E-state index contributed by atoms with van der Waals surface area (Å²) in [5.74, 6) is -0.571. The van der Waals surface area contributed by atoms with Crippen molar-refractivity contribution in [2.24, 2.45) is 5.10 Å². The van der Waals surface area contributed by atoms with Gasteiger partial charge in [-0.05, 0) is 29.3 Å². The van der Waals surface area contributed by atoms with Crippen molar-refractivity contribution >= 4 is 46.1 Å². The van der Waals surface area contributed by atoms with Gasteiger partial charge in [0, 0.05) is 18.7 Å². The highest BCUT2D eigenvalue weighted by molar-refractivity contribution is 7.99. The minimum Gasteiger partial charge on any atom is -0.431 e. The van der Waals surface area contributed by atoms with Crippen LogP contribution in [0.1, 0.15) is 16.7 Å². The lowest BCUT2D eigenvalue weighted by Gasteiger charge is -2.28. The van der Waals surface area contributed by atoms with Gasteiger partial charge in [0.05, 0.1) is 18.1 Å². The number of rotatable bonds is 10. The predicted molar refractivity (Wildman–Crippen MR) is 160 cm³/mol. The van der Waals surface area contributed by atoms with E-state index in [1.54, 1.807) is 4.90 Å². The molecule has 0 spiro atoms. The molecular weight excluding hydrogens is 534 g/mol. The normalized spacial score (nSPS) is 13.7. The van der Waals surface area contributed by atoms with Crippen LogP contribution >= 0.6 is 11.8 Å². The molecule has 9 heteroatoms. The monoisotopic (exact) mass is 561 g/mol. The number of nitrogens with one attached hydrogen (secondary N) is 1. The highest BCUT2D eigenvalue weighted by Gasteiger charge is 2.35. The van der Waals surface area contributed by atoms with Gasteiger partial charge in [-0.2, -0.15) is 5.10 Å². The molecule has 0 fully saturated rings. The molecule has 204 valence electrons. The molecule has 6 rings (SSSR count). The molecule has 1 aliphatic rings. The zero-order valence-corrected chi connectivity index (χ0v) is 23.0. The molecule has 5 aromatic rings. The summed E-state index contributed by atoms with van der Waals surface area (Å²) >= 11 is 1.17. The van der Waals surface area contributed by atoms with E-state index in [4.69, 9.17) is 4.42 Å². The van der Waals surface area contributed by atoms with Crippen LogP contribution in [0, 0.1) is 0 Å². The lowest BCUT2D eigenvalue weighted by atomic mass is 10.1. The molecule has 0 unspecified atom stereocenters. The van der Waals surface area contributed by atoms with E-state index in [9.17, 15) is 9.59 Å². The van der Waals surface area contributed by atoms with Crippen molar-refractivity contribution in [1.82, 2.24) is 15.3 Å². The molecule has 0 atom stereocenters. The Kier molecular flexibility index (Phi) is 7.88. The molecule has 4 aromatic carbocycles. The Balaban J connectivity index is 1.17. The fourth-order valence-electron chi connectivity index (χ4n) is 4.74. The number of oxazole rings is 1. The van der Waals surface area contributed by atoms with Gasteiger partial charge >= 0.3 is 0 Å². The molecule has 1 aliphatic heterocycles. The Morgan fingerprint density at radius 2 is 1.49 bits per heavy atom. The van der Waals surface area contributed by atoms with Crippen LogP contribution in [0.4, 0.5) is 5.69 Å². The topological polar surface area (TPSA) is 91.0 Å². The highest BCUT2D eigenvalue weighted by atomic mass is 32.2. The molecule has 1 aromatic heterocycles. The molecule has 8 nitrogen and oxygen atoms in total. The first-order chi connectivity index (χ1) is 20.1. The first-order valence-corrected chi connectivity index (χ1v) is 14.2. The van der Waals surface area contributed by atoms with E-state index in [-0.39, 0.29) is 23.3 Å². The van der Waals surface area contributed by atoms with Crippen molar-refractivity contribution in [3.05, 3.63) is 126 Å². The number of para-hydroxylation sites is 3. The van der Waals surface area contributed by atoms with Crippen molar-refractivity contribution in [1.29, 1.82) is 0 Å². The minimum atomic E-state index is -0.358. The maximum absolute atomic E-state index is 13.7. The van der Waals surface area contributed by atoms with Crippen molar-refractivity contribution in [2.75, 3.05) is 17.3 Å². The Hall–Kier alpha value is -4.73. The Bertz CT molecular complexity index is 1630. The van der Waals surface area contributed by atoms with E-state index >= 15 is 0 Å². The van der Waals surface area contributed by atoms with Crippen molar-refractivity contribution < 1.29 is 14.0 Å². The van der Waals surface area contributed by atoms with Gasteiger partial charge in [-0.25, -0.2) is 10.4 Å². The number of hydrazone groups is 1. The second kappa shape index (κ2) is 12.2. The number of nitrogens with zero attached hydrogens (tertiary/aromatic N) is 4. The van der Waals surface area contributed by atoms with Gasteiger partial charge < -0.3 is 4.42 Å². The van der Waals surface area contributed by atoms with Gasteiger partial charge in [0.1, 0.15) is 5.52 Å². The SMILES string of the molecule is O=C(CSc1nc2ccccc2o1)N/N=C1/C(=O)N(CN(Cc2ccccc2)Cc2ccccc2)c2ccccc21. The Labute approximate surface area is 241 Å². The zero-order chi connectivity index (χ0) is 28.0. The second-order valence-corrected chi connectivity index (χ2v) is 10.5. The number of thioether (sulfide) groups is 1. The number of hydrogen-bond acceptors (Lipinski definition) is 7. The summed E-state index contributed by atoms with van der Waals surface area (Å²) < 4.78 is 5.67. The van der Waals surface area contributed by atoms with Gasteiger partial charge in [0.15, 0.2) is 11.3 Å². The lowest BCUT2D eigenvalue weighted by molar-refractivity contribution is -0.118. The molecule has 2 amide bonds. The average molecular weight is 562 g/mol. The fourth-order valence-corrected chi connectivity index (χ4v) is 5.37. The molecule has 1 N–H and O–H groups in total. The molecule has 0 bridgehead atoms. The molecule has 0 radical (unpaired) electrons. The largest absolute Gasteiger partial charge is 0.431 e. The number of benzene rings is 4. The van der Waals surface area contributed by atoms with Gasteiger partial charge in [-0.15, -0.1) is 0 Å². The molecular formula is C32H27N5O3S. The van der Waals surface area contributed by atoms with E-state index in [0.717, 1.165) is 22.3 Å². The summed E-state index contributed by atoms with van der Waals surface area (Å²) in [6.45, 7) is 1.69. The van der Waals surface area contributed by atoms with Crippen LogP contribution in [0.25, 0.3) is 11.1 Å². The fraction of sp³-hybridized carbons (Fsp3) is 0.125. The number of carbonyl (C=O) groups excluding carboxylic acids is 2. The maximum atomic E-state index is 13.7. The third kappa shape index (κ3) is 6.21. The third-order valence-electron chi connectivity index (χ3n) is 6.63. The summed E-state index contributed by atoms with van der Waals surface area (Å²) in [6, 6.07) is 35.3. The first-order valence-electron chi connectivity index (χ1n) is 13.2. The number of anilines is 1. The van der Waals surface area contributed by atoms with Gasteiger partial charge in [-0.1, -0.05) is 103 Å². The van der Waals surface area contributed by atoms with E-state index in [0.29, 0.717) is 36.1 Å². The van der Waals surface area contributed by atoms with Crippen LogP contribution in [0.2, 0.25) is 0 Å². The average Bonchev–Trinajstić information content (AvgIpc) is 3.54. The highest BCUT2D eigenvalue weighted by Crippen LogP contribution is 2.30. The first kappa shape index (κ1) is 26.5. The lowest BCUT2D eigenvalue weighted by Crippen LogP contribution is -2.41. The number of hydrogen-bond donors (Lipinski definition) is 1. The Morgan fingerprint density at radius 3 is 2.20 bits per heavy atom. The van der Waals surface area contributed by atoms with Crippen LogP contribution in [-0.2, 0) is 22.7 Å². The molecule has 0 saturated carbocycles. The molecule has 0 saturated heterocycles. The molecule has 41 heavy (non-hydrogen) atoms. The number of aromatic nitrogens is 1. The summed E-state index contributed by atoms with van der Waals surface area (Å²) in [5, 5.41) is 4.67. The summed E-state index contributed by atoms with van der Waals surface area (Å²) in [6.07, 6.45) is 0. The van der Waals surface area contributed by atoms with E-state index < -0.39 is 0 Å². The van der Waals surface area contributed by atoms with Gasteiger partial charge in [0.2, 0.25) is 0 Å². The van der Waals surface area contributed by atoms with Crippen LogP contribution in [0.3, 0.4) is 0 Å². The third-order valence-corrected chi connectivity index (χ3v) is 7.46. The number of carbonyl (C=O) groups is 2. The maximum Gasteiger partial charge on any atom is 0.280 e. The van der Waals surface area contributed by atoms with Crippen molar-refractivity contribution in [2.45, 2.75) is 18.3 Å². The quantitative estimate of drug-likeness (QED) is 0.180. The molecule has 2 heterocycles. The Morgan fingerprint density at radius 1 is 0.854 bits per heavy atom. The predicted octanol–water partition coefficient (Wildman–Crippen LogP) is 5.45. The van der Waals surface area contributed by atoms with Crippen molar-refractivity contribution in [3.63, 3.8) is 0 Å². The smallest absolute Gasteiger partial charge is 0.280 e. The van der Waals surface area contributed by atoms with E-state index in [1.165, 1.54) is 11.8 Å². The van der Waals surface area contributed by atoms with Crippen LogP contribution in [-0.4, -0.2) is 39.8 Å². The van der Waals surface area contributed by atoms with Crippen LogP contribution in [0.15, 0.2) is 124 Å².